The molecule has 1 aromatic carbocycles. The summed E-state index contributed by atoms with van der Waals surface area (Å²) in [4.78, 5) is 13.3. The number of para-hydroxylation sites is 1. The quantitative estimate of drug-likeness (QED) is 0.887. The second-order valence-electron chi connectivity index (χ2n) is 4.74. The molecule has 0 radical (unpaired) electrons. The van der Waals surface area contributed by atoms with E-state index in [1.807, 2.05) is 25.1 Å². The van der Waals surface area contributed by atoms with Gasteiger partial charge in [-0.2, -0.15) is 0 Å². The molecule has 0 saturated heterocycles. The number of aryl methyl sites for hydroxylation is 1. The van der Waals surface area contributed by atoms with E-state index in [0.29, 0.717) is 5.82 Å². The van der Waals surface area contributed by atoms with Crippen LogP contribution in [0.25, 0.3) is 0 Å². The van der Waals surface area contributed by atoms with Crippen molar-refractivity contribution in [3.05, 3.63) is 53.6 Å². The molecule has 0 amide bonds. The highest BCUT2D eigenvalue weighted by molar-refractivity contribution is 5.92. The molecule has 0 spiro atoms. The Morgan fingerprint density at radius 1 is 1.25 bits per heavy atom. The average Bonchev–Trinajstić information content (AvgIpc) is 2.95. The van der Waals surface area contributed by atoms with E-state index >= 15 is 0 Å². The van der Waals surface area contributed by atoms with Gasteiger partial charge in [-0.3, -0.25) is 4.99 Å². The number of benzene rings is 1. The lowest BCUT2D eigenvalue weighted by molar-refractivity contribution is 0.467. The van der Waals surface area contributed by atoms with Crippen molar-refractivity contribution in [1.29, 1.82) is 0 Å². The first-order chi connectivity index (χ1) is 9.75. The minimum absolute atomic E-state index is 0.235. The predicted octanol–water partition coefficient (Wildman–Crippen LogP) is 1.62. The lowest BCUT2D eigenvalue weighted by atomic mass is 9.95. The predicted molar refractivity (Wildman–Crippen MR) is 77.0 cm³/mol. The zero-order valence-corrected chi connectivity index (χ0v) is 11.2. The van der Waals surface area contributed by atoms with E-state index in [0.717, 1.165) is 30.2 Å². The number of aliphatic imine (C=N–C) groups is 1. The summed E-state index contributed by atoms with van der Waals surface area (Å²) >= 11 is 0. The second-order valence-corrected chi connectivity index (χ2v) is 4.74. The van der Waals surface area contributed by atoms with Crippen LogP contribution >= 0.6 is 0 Å². The topological polar surface area (TPSA) is 70.4 Å². The van der Waals surface area contributed by atoms with Gasteiger partial charge in [0.15, 0.2) is 0 Å². The Bertz CT molecular complexity index is 654. The number of rotatable bonds is 3. The first kappa shape index (κ1) is 12.6. The molecule has 5 nitrogen and oxygen atoms in total. The molecule has 102 valence electrons. The SMILES string of the molecule is Cc1ccnc(C(C2=NCCN2)c2ccccc2O)n1. The molecule has 1 atom stereocenters. The Morgan fingerprint density at radius 2 is 2.10 bits per heavy atom. The van der Waals surface area contributed by atoms with Crippen molar-refractivity contribution in [3.63, 3.8) is 0 Å². The fourth-order valence-corrected chi connectivity index (χ4v) is 2.36. The van der Waals surface area contributed by atoms with E-state index in [4.69, 9.17) is 0 Å². The average molecular weight is 268 g/mol. The summed E-state index contributed by atoms with van der Waals surface area (Å²) in [5.74, 6) is 1.45. The van der Waals surface area contributed by atoms with Gasteiger partial charge in [0, 0.05) is 24.0 Å². The molecule has 1 aliphatic heterocycles. The zero-order valence-electron chi connectivity index (χ0n) is 11.2. The standard InChI is InChI=1S/C15H16N4O/c1-10-6-7-16-15(19-10)13(14-17-8-9-18-14)11-4-2-3-5-12(11)20/h2-7,13,20H,8-9H2,1H3,(H,17,18). The molecule has 0 saturated carbocycles. The molecule has 2 aromatic rings. The van der Waals surface area contributed by atoms with E-state index in [-0.39, 0.29) is 11.7 Å². The van der Waals surface area contributed by atoms with E-state index in [2.05, 4.69) is 20.3 Å². The minimum atomic E-state index is -0.251. The van der Waals surface area contributed by atoms with E-state index in [1.165, 1.54) is 0 Å². The molecule has 0 aliphatic carbocycles. The summed E-state index contributed by atoms with van der Waals surface area (Å²) in [6.45, 7) is 3.48. The Hall–Kier alpha value is -2.43. The van der Waals surface area contributed by atoms with Gasteiger partial charge >= 0.3 is 0 Å². The number of nitrogens with zero attached hydrogens (tertiary/aromatic N) is 3. The van der Waals surface area contributed by atoms with Crippen molar-refractivity contribution < 1.29 is 5.11 Å². The van der Waals surface area contributed by atoms with Crippen LogP contribution < -0.4 is 5.32 Å². The fraction of sp³-hybridized carbons (Fsp3) is 0.267. The molecular formula is C15H16N4O. The summed E-state index contributed by atoms with van der Waals surface area (Å²) in [7, 11) is 0. The lowest BCUT2D eigenvalue weighted by Gasteiger charge is -2.18. The van der Waals surface area contributed by atoms with Crippen molar-refractivity contribution in [2.45, 2.75) is 12.8 Å². The largest absolute Gasteiger partial charge is 0.508 e. The minimum Gasteiger partial charge on any atom is -0.508 e. The highest BCUT2D eigenvalue weighted by atomic mass is 16.3. The van der Waals surface area contributed by atoms with Crippen LogP contribution in [0.2, 0.25) is 0 Å². The molecule has 1 aromatic heterocycles. The number of hydrogen-bond donors (Lipinski definition) is 2. The van der Waals surface area contributed by atoms with Crippen LogP contribution in [0.15, 0.2) is 41.5 Å². The first-order valence-electron chi connectivity index (χ1n) is 6.61. The number of nitrogens with one attached hydrogen (secondary N) is 1. The molecule has 20 heavy (non-hydrogen) atoms. The van der Waals surface area contributed by atoms with Crippen LogP contribution in [0.4, 0.5) is 0 Å². The summed E-state index contributed by atoms with van der Waals surface area (Å²) < 4.78 is 0. The number of phenolic OH excluding ortho intramolecular Hbond substituents is 1. The monoisotopic (exact) mass is 268 g/mol. The maximum absolute atomic E-state index is 10.1. The highest BCUT2D eigenvalue weighted by Gasteiger charge is 2.27. The Labute approximate surface area is 117 Å². The van der Waals surface area contributed by atoms with Gasteiger partial charge in [0.25, 0.3) is 0 Å². The number of aromatic nitrogens is 2. The van der Waals surface area contributed by atoms with Crippen LogP contribution in [0, 0.1) is 6.92 Å². The molecule has 0 fully saturated rings. The Kier molecular flexibility index (Phi) is 3.33. The summed E-state index contributed by atoms with van der Waals surface area (Å²) in [5.41, 5.74) is 1.67. The van der Waals surface area contributed by atoms with Gasteiger partial charge < -0.3 is 10.4 Å². The Morgan fingerprint density at radius 3 is 2.80 bits per heavy atom. The summed E-state index contributed by atoms with van der Waals surface area (Å²) in [6, 6.07) is 9.11. The third kappa shape index (κ3) is 2.34. The molecule has 1 unspecified atom stereocenters. The molecule has 2 heterocycles. The van der Waals surface area contributed by atoms with Gasteiger partial charge in [0.2, 0.25) is 0 Å². The van der Waals surface area contributed by atoms with Gasteiger partial charge in [0.05, 0.1) is 6.54 Å². The van der Waals surface area contributed by atoms with E-state index < -0.39 is 0 Å². The van der Waals surface area contributed by atoms with Gasteiger partial charge in [0.1, 0.15) is 23.3 Å². The number of hydrogen-bond acceptors (Lipinski definition) is 5. The number of aromatic hydroxyl groups is 1. The first-order valence-corrected chi connectivity index (χ1v) is 6.61. The smallest absolute Gasteiger partial charge is 0.143 e. The van der Waals surface area contributed by atoms with Crippen LogP contribution in [0.5, 0.6) is 5.75 Å². The molecule has 1 aliphatic rings. The van der Waals surface area contributed by atoms with E-state index in [9.17, 15) is 5.11 Å². The maximum atomic E-state index is 10.1. The lowest BCUT2D eigenvalue weighted by Crippen LogP contribution is -2.28. The molecule has 0 bridgehead atoms. The van der Waals surface area contributed by atoms with Crippen molar-refractivity contribution in [2.75, 3.05) is 13.1 Å². The summed E-state index contributed by atoms with van der Waals surface area (Å²) in [6.07, 6.45) is 1.74. The van der Waals surface area contributed by atoms with Crippen molar-refractivity contribution in [2.24, 2.45) is 4.99 Å². The third-order valence-corrected chi connectivity index (χ3v) is 3.29. The van der Waals surface area contributed by atoms with Crippen LogP contribution in [0.1, 0.15) is 23.0 Å². The van der Waals surface area contributed by atoms with Crippen LogP contribution in [-0.4, -0.2) is 34.0 Å². The van der Waals surface area contributed by atoms with Gasteiger partial charge in [-0.1, -0.05) is 18.2 Å². The van der Waals surface area contributed by atoms with Crippen LogP contribution in [0.3, 0.4) is 0 Å². The molecule has 2 N–H and O–H groups in total. The highest BCUT2D eigenvalue weighted by Crippen LogP contribution is 2.30. The van der Waals surface area contributed by atoms with Crippen molar-refractivity contribution >= 4 is 5.84 Å². The summed E-state index contributed by atoms with van der Waals surface area (Å²) in [5, 5.41) is 13.4. The van der Waals surface area contributed by atoms with E-state index in [1.54, 1.807) is 18.3 Å². The maximum Gasteiger partial charge on any atom is 0.143 e. The van der Waals surface area contributed by atoms with Crippen LogP contribution in [-0.2, 0) is 0 Å². The Balaban J connectivity index is 2.11. The van der Waals surface area contributed by atoms with Gasteiger partial charge in [-0.05, 0) is 19.1 Å². The normalized spacial score (nSPS) is 15.6. The third-order valence-electron chi connectivity index (χ3n) is 3.29. The van der Waals surface area contributed by atoms with Gasteiger partial charge in [-0.25, -0.2) is 9.97 Å². The van der Waals surface area contributed by atoms with Gasteiger partial charge in [-0.15, -0.1) is 0 Å². The van der Waals surface area contributed by atoms with Crippen molar-refractivity contribution in [1.82, 2.24) is 15.3 Å². The van der Waals surface area contributed by atoms with Crippen molar-refractivity contribution in [3.8, 4) is 5.75 Å². The molecule has 5 heteroatoms. The molecular weight excluding hydrogens is 252 g/mol. The molecule has 3 rings (SSSR count). The second kappa shape index (κ2) is 5.28. The number of phenols is 1. The number of amidine groups is 1. The zero-order chi connectivity index (χ0) is 13.9. The fourth-order valence-electron chi connectivity index (χ4n) is 2.36.